The molecule has 0 bridgehead atoms. The highest BCUT2D eigenvalue weighted by Crippen LogP contribution is 2.26. The van der Waals surface area contributed by atoms with E-state index in [1.165, 1.54) is 12.1 Å². The molecule has 2 amide bonds. The smallest absolute Gasteiger partial charge is 0.328 e. The summed E-state index contributed by atoms with van der Waals surface area (Å²) >= 11 is 0. The van der Waals surface area contributed by atoms with E-state index < -0.39 is 34.0 Å². The summed E-state index contributed by atoms with van der Waals surface area (Å²) in [6.45, 7) is 0.373. The Labute approximate surface area is 198 Å². The van der Waals surface area contributed by atoms with Crippen molar-refractivity contribution in [3.05, 3.63) is 30.3 Å². The monoisotopic (exact) mass is 496 g/mol. The molecule has 0 radical (unpaired) electrons. The molecule has 0 spiro atoms. The van der Waals surface area contributed by atoms with E-state index in [-0.39, 0.29) is 42.7 Å². The predicted molar refractivity (Wildman–Crippen MR) is 124 cm³/mol. The third-order valence-corrected chi connectivity index (χ3v) is 7.29. The molecule has 0 aromatic heterocycles. The van der Waals surface area contributed by atoms with Crippen LogP contribution in [-0.2, 0) is 24.4 Å². The molecule has 1 heterocycles. The number of rotatable bonds is 13. The fraction of sp³-hybridized carbons (Fsp3) is 0.524. The first-order valence-electron chi connectivity index (χ1n) is 11.1. The summed E-state index contributed by atoms with van der Waals surface area (Å²) < 4.78 is 27.0. The minimum absolute atomic E-state index is 0.0637. The van der Waals surface area contributed by atoms with Crippen molar-refractivity contribution in [2.75, 3.05) is 19.6 Å². The lowest BCUT2D eigenvalue weighted by Gasteiger charge is -2.25. The molecule has 188 valence electrons. The van der Waals surface area contributed by atoms with Gasteiger partial charge in [-0.3, -0.25) is 15.0 Å². The van der Waals surface area contributed by atoms with Crippen LogP contribution < -0.4 is 21.7 Å². The molecule has 1 saturated heterocycles. The Morgan fingerprint density at radius 3 is 2.50 bits per heavy atom. The number of amides is 2. The number of carboxylic acids is 1. The Morgan fingerprint density at radius 2 is 1.85 bits per heavy atom. The number of nitrogens with one attached hydrogen (secondary N) is 4. The molecule has 0 unspecified atom stereocenters. The van der Waals surface area contributed by atoms with Crippen molar-refractivity contribution in [2.24, 2.45) is 5.73 Å². The number of carbonyl (C=O) groups is 3. The Kier molecular flexibility index (Phi) is 10.3. The van der Waals surface area contributed by atoms with Crippen LogP contribution in [0.1, 0.15) is 38.5 Å². The molecule has 1 aliphatic heterocycles. The second-order valence-corrected chi connectivity index (χ2v) is 9.83. The number of aliphatic carboxylic acids is 1. The van der Waals surface area contributed by atoms with Gasteiger partial charge in [-0.25, -0.2) is 13.2 Å². The number of hydrogen-bond donors (Lipinski definition) is 6. The first-order chi connectivity index (χ1) is 16.1. The molecule has 2 rings (SSSR count). The van der Waals surface area contributed by atoms with Crippen LogP contribution in [0.5, 0.6) is 0 Å². The minimum atomic E-state index is -3.90. The molecule has 2 atom stereocenters. The maximum atomic E-state index is 12.9. The second kappa shape index (κ2) is 12.9. The van der Waals surface area contributed by atoms with E-state index in [0.29, 0.717) is 19.4 Å². The Hall–Kier alpha value is -3.19. The lowest BCUT2D eigenvalue weighted by molar-refractivity contribution is -0.142. The minimum Gasteiger partial charge on any atom is -0.480 e. The maximum Gasteiger partial charge on any atom is 0.328 e. The van der Waals surface area contributed by atoms with Crippen molar-refractivity contribution in [2.45, 2.75) is 55.5 Å². The van der Waals surface area contributed by atoms with Crippen LogP contribution in [0.4, 0.5) is 0 Å². The average molecular weight is 497 g/mol. The fourth-order valence-corrected chi connectivity index (χ4v) is 5.28. The molecular weight excluding hydrogens is 464 g/mol. The van der Waals surface area contributed by atoms with Gasteiger partial charge in [0.2, 0.25) is 21.8 Å². The number of benzene rings is 1. The van der Waals surface area contributed by atoms with E-state index in [2.05, 4.69) is 16.0 Å². The number of unbranched alkanes of at least 4 members (excludes halogenated alkanes) is 2. The average Bonchev–Trinajstić information content (AvgIpc) is 3.30. The van der Waals surface area contributed by atoms with E-state index in [1.807, 2.05) is 0 Å². The molecule has 1 aromatic rings. The molecule has 0 aliphatic carbocycles. The summed E-state index contributed by atoms with van der Waals surface area (Å²) in [5.41, 5.74) is 5.18. The van der Waals surface area contributed by atoms with Crippen LogP contribution in [0.25, 0.3) is 0 Å². The number of carbonyl (C=O) groups excluding carboxylic acids is 2. The standard InChI is InChI=1S/C21H32N6O6S/c22-21(23)24-12-6-2-5-11-18(28)25-14-16(20(30)31)26-19(29)17-10-7-13-27(17)34(32,33)15-8-3-1-4-9-15/h1,3-4,8-9,16-17H,2,5-7,10-14H2,(H,25,28)(H,26,29)(H,30,31)(H4,22,23,24)/t16-,17-/m0/s1. The topological polar surface area (TPSA) is 195 Å². The first kappa shape index (κ1) is 27.1. The van der Waals surface area contributed by atoms with E-state index >= 15 is 0 Å². The second-order valence-electron chi connectivity index (χ2n) is 7.94. The molecular formula is C21H32N6O6S. The van der Waals surface area contributed by atoms with Crippen LogP contribution in [0.2, 0.25) is 0 Å². The van der Waals surface area contributed by atoms with Crippen LogP contribution in [0, 0.1) is 5.41 Å². The van der Waals surface area contributed by atoms with E-state index in [9.17, 15) is 27.9 Å². The van der Waals surface area contributed by atoms with Gasteiger partial charge in [0.15, 0.2) is 5.96 Å². The van der Waals surface area contributed by atoms with Gasteiger partial charge in [0.05, 0.1) is 4.90 Å². The zero-order valence-corrected chi connectivity index (χ0v) is 19.6. The van der Waals surface area contributed by atoms with Gasteiger partial charge in [-0.1, -0.05) is 24.6 Å². The molecule has 1 fully saturated rings. The van der Waals surface area contributed by atoms with E-state index in [1.54, 1.807) is 18.2 Å². The lowest BCUT2D eigenvalue weighted by atomic mass is 10.1. The summed E-state index contributed by atoms with van der Waals surface area (Å²) in [7, 11) is -3.90. The van der Waals surface area contributed by atoms with Crippen molar-refractivity contribution >= 4 is 33.8 Å². The predicted octanol–water partition coefficient (Wildman–Crippen LogP) is -0.431. The zero-order chi connectivity index (χ0) is 25.1. The Bertz CT molecular complexity index is 971. The SMILES string of the molecule is N=C(N)NCCCCCC(=O)NC[C@H](NC(=O)[C@@H]1CCCN1S(=O)(=O)c1ccccc1)C(=O)O. The fourth-order valence-electron chi connectivity index (χ4n) is 3.60. The summed E-state index contributed by atoms with van der Waals surface area (Å²) in [4.78, 5) is 36.5. The van der Waals surface area contributed by atoms with Crippen LogP contribution in [-0.4, -0.2) is 73.3 Å². The van der Waals surface area contributed by atoms with Gasteiger partial charge in [-0.05, 0) is 37.8 Å². The highest BCUT2D eigenvalue weighted by Gasteiger charge is 2.40. The zero-order valence-electron chi connectivity index (χ0n) is 18.8. The number of hydrogen-bond acceptors (Lipinski definition) is 6. The van der Waals surface area contributed by atoms with Crippen LogP contribution >= 0.6 is 0 Å². The quantitative estimate of drug-likeness (QED) is 0.120. The molecule has 0 saturated carbocycles. The largest absolute Gasteiger partial charge is 0.480 e. The van der Waals surface area contributed by atoms with Gasteiger partial charge in [0.1, 0.15) is 12.1 Å². The summed E-state index contributed by atoms with van der Waals surface area (Å²) in [5.74, 6) is -2.51. The summed E-state index contributed by atoms with van der Waals surface area (Å²) in [6.07, 6.45) is 2.95. The number of sulfonamides is 1. The number of nitrogens with zero attached hydrogens (tertiary/aromatic N) is 1. The van der Waals surface area contributed by atoms with E-state index in [0.717, 1.165) is 17.1 Å². The Morgan fingerprint density at radius 1 is 1.15 bits per heavy atom. The van der Waals surface area contributed by atoms with Gasteiger partial charge < -0.3 is 26.8 Å². The molecule has 13 heteroatoms. The highest BCUT2D eigenvalue weighted by atomic mass is 32.2. The first-order valence-corrected chi connectivity index (χ1v) is 12.5. The lowest BCUT2D eigenvalue weighted by Crippen LogP contribution is -2.54. The number of carboxylic acid groups (broad SMARTS) is 1. The maximum absolute atomic E-state index is 12.9. The van der Waals surface area contributed by atoms with Crippen LogP contribution in [0.15, 0.2) is 35.2 Å². The molecule has 34 heavy (non-hydrogen) atoms. The van der Waals surface area contributed by atoms with Gasteiger partial charge in [-0.2, -0.15) is 4.31 Å². The molecule has 1 aromatic carbocycles. The van der Waals surface area contributed by atoms with Crippen molar-refractivity contribution in [1.29, 1.82) is 5.41 Å². The van der Waals surface area contributed by atoms with Gasteiger partial charge in [0.25, 0.3) is 0 Å². The normalized spacial score (nSPS) is 17.0. The molecule has 7 N–H and O–H groups in total. The van der Waals surface area contributed by atoms with Gasteiger partial charge in [-0.15, -0.1) is 0 Å². The van der Waals surface area contributed by atoms with Gasteiger partial charge >= 0.3 is 5.97 Å². The number of guanidine groups is 1. The molecule has 12 nitrogen and oxygen atoms in total. The van der Waals surface area contributed by atoms with Crippen LogP contribution in [0.3, 0.4) is 0 Å². The highest BCUT2D eigenvalue weighted by molar-refractivity contribution is 7.89. The number of nitrogens with two attached hydrogens (primary N) is 1. The Balaban J connectivity index is 1.86. The molecule has 1 aliphatic rings. The van der Waals surface area contributed by atoms with Crippen molar-refractivity contribution < 1.29 is 27.9 Å². The van der Waals surface area contributed by atoms with Crippen molar-refractivity contribution in [1.82, 2.24) is 20.3 Å². The van der Waals surface area contributed by atoms with Crippen molar-refractivity contribution in [3.8, 4) is 0 Å². The van der Waals surface area contributed by atoms with Gasteiger partial charge in [0, 0.05) is 26.1 Å². The summed E-state index contributed by atoms with van der Waals surface area (Å²) in [6, 6.07) is 5.33. The summed E-state index contributed by atoms with van der Waals surface area (Å²) in [5, 5.41) is 24.0. The third-order valence-electron chi connectivity index (χ3n) is 5.37. The van der Waals surface area contributed by atoms with E-state index in [4.69, 9.17) is 11.1 Å². The van der Waals surface area contributed by atoms with Crippen molar-refractivity contribution in [3.63, 3.8) is 0 Å². The third kappa shape index (κ3) is 7.99.